The van der Waals surface area contributed by atoms with Crippen molar-refractivity contribution < 1.29 is 4.79 Å². The Morgan fingerprint density at radius 2 is 2.12 bits per heavy atom. The van der Waals surface area contributed by atoms with Crippen LogP contribution in [0.3, 0.4) is 0 Å². The lowest BCUT2D eigenvalue weighted by atomic mass is 10.2. The van der Waals surface area contributed by atoms with Crippen LogP contribution in [-0.2, 0) is 11.3 Å². The predicted molar refractivity (Wildman–Crippen MR) is 107 cm³/mol. The summed E-state index contributed by atoms with van der Waals surface area (Å²) in [6.45, 7) is 6.61. The van der Waals surface area contributed by atoms with Gasteiger partial charge in [-0.05, 0) is 23.9 Å². The number of amides is 1. The lowest BCUT2D eigenvalue weighted by Crippen LogP contribution is -2.31. The molecule has 3 aromatic rings. The Balaban J connectivity index is 1.87. The molecule has 0 saturated carbocycles. The van der Waals surface area contributed by atoms with Gasteiger partial charge in [0.1, 0.15) is 0 Å². The van der Waals surface area contributed by atoms with Crippen LogP contribution in [0.5, 0.6) is 0 Å². The number of nitrogens with zero attached hydrogens (tertiary/aromatic N) is 3. The van der Waals surface area contributed by atoms with Crippen LogP contribution in [0.4, 0.5) is 0 Å². The third-order valence-corrected chi connectivity index (χ3v) is 5.66. The molecule has 0 radical (unpaired) electrons. The summed E-state index contributed by atoms with van der Waals surface area (Å²) in [6, 6.07) is 14.2. The Kier molecular flexibility index (Phi) is 6.25. The smallest absolute Gasteiger partial charge is 0.233 e. The minimum absolute atomic E-state index is 0.0400. The van der Waals surface area contributed by atoms with Crippen molar-refractivity contribution >= 4 is 29.0 Å². The minimum atomic E-state index is -0.273. The molecule has 0 fully saturated rings. The van der Waals surface area contributed by atoms with Gasteiger partial charge < -0.3 is 5.32 Å². The molecule has 1 atom stereocenters. The minimum Gasteiger partial charge on any atom is -0.352 e. The number of hydrogen-bond acceptors (Lipinski definition) is 5. The number of carbonyl (C=O) groups is 1. The Labute approximate surface area is 161 Å². The summed E-state index contributed by atoms with van der Waals surface area (Å²) in [5.74, 6) is 0.784. The summed E-state index contributed by atoms with van der Waals surface area (Å²) >= 11 is 3.04. The first-order chi connectivity index (χ1) is 12.7. The van der Waals surface area contributed by atoms with Crippen molar-refractivity contribution in [3.63, 3.8) is 0 Å². The highest BCUT2D eigenvalue weighted by Crippen LogP contribution is 2.30. The lowest BCUT2D eigenvalue weighted by Gasteiger charge is -2.13. The molecular formula is C19H20N4OS2. The Morgan fingerprint density at radius 3 is 2.81 bits per heavy atom. The van der Waals surface area contributed by atoms with E-state index in [-0.39, 0.29) is 11.2 Å². The molecule has 5 nitrogen and oxygen atoms in total. The fraction of sp³-hybridized carbons (Fsp3) is 0.211. The maximum absolute atomic E-state index is 12.2. The van der Waals surface area contributed by atoms with Crippen LogP contribution in [0.2, 0.25) is 0 Å². The third-order valence-electron chi connectivity index (χ3n) is 3.71. The molecule has 0 aliphatic heterocycles. The van der Waals surface area contributed by atoms with Gasteiger partial charge in [0.25, 0.3) is 0 Å². The molecule has 0 unspecified atom stereocenters. The van der Waals surface area contributed by atoms with Gasteiger partial charge in [-0.25, -0.2) is 0 Å². The summed E-state index contributed by atoms with van der Waals surface area (Å²) in [5.41, 5.74) is 1.16. The largest absolute Gasteiger partial charge is 0.352 e. The van der Waals surface area contributed by atoms with Crippen molar-refractivity contribution in [2.75, 3.05) is 6.54 Å². The van der Waals surface area contributed by atoms with E-state index in [4.69, 9.17) is 0 Å². The molecule has 2 heterocycles. The van der Waals surface area contributed by atoms with E-state index < -0.39 is 0 Å². The number of thioether (sulfide) groups is 1. The second-order valence-electron chi connectivity index (χ2n) is 5.65. The Hall–Kier alpha value is -2.38. The van der Waals surface area contributed by atoms with Gasteiger partial charge in [-0.2, -0.15) is 0 Å². The van der Waals surface area contributed by atoms with E-state index in [1.165, 1.54) is 11.8 Å². The highest BCUT2D eigenvalue weighted by atomic mass is 32.2. The molecule has 1 aromatic carbocycles. The molecule has 3 rings (SSSR count). The van der Waals surface area contributed by atoms with E-state index in [1.54, 1.807) is 17.4 Å². The number of thiophene rings is 1. The van der Waals surface area contributed by atoms with Gasteiger partial charge >= 0.3 is 0 Å². The monoisotopic (exact) mass is 384 g/mol. The highest BCUT2D eigenvalue weighted by molar-refractivity contribution is 8.00. The Morgan fingerprint density at radius 1 is 1.31 bits per heavy atom. The maximum atomic E-state index is 12.2. The summed E-state index contributed by atoms with van der Waals surface area (Å²) in [7, 11) is 0. The topological polar surface area (TPSA) is 59.8 Å². The standard InChI is InChI=1S/C19H20N4OS2/c1-3-11-20-18(24)14(2)26-19-22-21-17(16-10-7-12-25-16)23(19)13-15-8-5-4-6-9-15/h3-10,12,14H,1,11,13H2,2H3,(H,20,24)/t14-/m1/s1. The maximum Gasteiger partial charge on any atom is 0.233 e. The van der Waals surface area contributed by atoms with E-state index in [9.17, 15) is 4.79 Å². The number of aromatic nitrogens is 3. The van der Waals surface area contributed by atoms with Crippen LogP contribution in [0.1, 0.15) is 12.5 Å². The van der Waals surface area contributed by atoms with Crippen molar-refractivity contribution in [3.8, 4) is 10.7 Å². The van der Waals surface area contributed by atoms with Crippen molar-refractivity contribution in [3.05, 3.63) is 66.1 Å². The molecule has 0 spiro atoms. The molecule has 134 valence electrons. The average Bonchev–Trinajstić information content (AvgIpc) is 3.31. The summed E-state index contributed by atoms with van der Waals surface area (Å²) in [5, 5.41) is 14.0. The number of nitrogens with one attached hydrogen (secondary N) is 1. The zero-order valence-corrected chi connectivity index (χ0v) is 16.1. The molecule has 1 amide bonds. The fourth-order valence-electron chi connectivity index (χ4n) is 2.40. The van der Waals surface area contributed by atoms with Crippen molar-refractivity contribution in [1.29, 1.82) is 0 Å². The lowest BCUT2D eigenvalue weighted by molar-refractivity contribution is -0.120. The van der Waals surface area contributed by atoms with Crippen LogP contribution in [-0.4, -0.2) is 32.5 Å². The first-order valence-electron chi connectivity index (χ1n) is 8.25. The summed E-state index contributed by atoms with van der Waals surface area (Å²) in [4.78, 5) is 13.2. The van der Waals surface area contributed by atoms with Gasteiger partial charge in [0.05, 0.1) is 16.7 Å². The SMILES string of the molecule is C=CCNC(=O)[C@@H](C)Sc1nnc(-c2cccs2)n1Cc1ccccc1. The second kappa shape index (κ2) is 8.82. The van der Waals surface area contributed by atoms with Crippen LogP contribution < -0.4 is 5.32 Å². The van der Waals surface area contributed by atoms with Gasteiger partial charge in [0.15, 0.2) is 11.0 Å². The molecule has 1 N–H and O–H groups in total. The number of hydrogen-bond donors (Lipinski definition) is 1. The molecular weight excluding hydrogens is 364 g/mol. The molecule has 0 bridgehead atoms. The van der Waals surface area contributed by atoms with Crippen molar-refractivity contribution in [1.82, 2.24) is 20.1 Å². The molecule has 7 heteroatoms. The predicted octanol–water partition coefficient (Wildman–Crippen LogP) is 3.84. The van der Waals surface area contributed by atoms with Gasteiger partial charge in [-0.1, -0.05) is 54.2 Å². The molecule has 2 aromatic heterocycles. The van der Waals surface area contributed by atoms with E-state index in [2.05, 4.69) is 38.8 Å². The average molecular weight is 385 g/mol. The Bertz CT molecular complexity index is 859. The molecule has 0 saturated heterocycles. The van der Waals surface area contributed by atoms with Gasteiger partial charge in [-0.15, -0.1) is 28.1 Å². The van der Waals surface area contributed by atoms with Gasteiger partial charge in [0.2, 0.25) is 5.91 Å². The summed E-state index contributed by atoms with van der Waals surface area (Å²) in [6.07, 6.45) is 1.67. The zero-order chi connectivity index (χ0) is 18.4. The van der Waals surface area contributed by atoms with Crippen molar-refractivity contribution in [2.24, 2.45) is 0 Å². The van der Waals surface area contributed by atoms with Crippen LogP contribution >= 0.6 is 23.1 Å². The van der Waals surface area contributed by atoms with E-state index in [0.29, 0.717) is 13.1 Å². The quantitative estimate of drug-likeness (QED) is 0.474. The van der Waals surface area contributed by atoms with Gasteiger partial charge in [-0.3, -0.25) is 9.36 Å². The first-order valence-corrected chi connectivity index (χ1v) is 10.0. The molecule has 0 aliphatic rings. The van der Waals surface area contributed by atoms with Crippen LogP contribution in [0.25, 0.3) is 10.7 Å². The first kappa shape index (κ1) is 18.4. The van der Waals surface area contributed by atoms with E-state index in [1.807, 2.05) is 42.6 Å². The number of rotatable bonds is 8. The summed E-state index contributed by atoms with van der Waals surface area (Å²) < 4.78 is 2.07. The third kappa shape index (κ3) is 4.42. The van der Waals surface area contributed by atoms with Crippen LogP contribution in [0.15, 0.2) is 65.7 Å². The molecule has 0 aliphatic carbocycles. The fourth-order valence-corrected chi connectivity index (χ4v) is 3.99. The zero-order valence-electron chi connectivity index (χ0n) is 14.5. The molecule has 26 heavy (non-hydrogen) atoms. The van der Waals surface area contributed by atoms with Crippen LogP contribution in [0, 0.1) is 0 Å². The van der Waals surface area contributed by atoms with E-state index >= 15 is 0 Å². The highest BCUT2D eigenvalue weighted by Gasteiger charge is 2.21. The number of benzene rings is 1. The second-order valence-corrected chi connectivity index (χ2v) is 7.90. The number of carbonyl (C=O) groups excluding carboxylic acids is 1. The van der Waals surface area contributed by atoms with E-state index in [0.717, 1.165) is 21.4 Å². The van der Waals surface area contributed by atoms with Crippen molar-refractivity contribution in [2.45, 2.75) is 23.9 Å². The van der Waals surface area contributed by atoms with Gasteiger partial charge in [0, 0.05) is 6.54 Å². The normalized spacial score (nSPS) is 11.9.